The van der Waals surface area contributed by atoms with Crippen molar-refractivity contribution < 1.29 is 4.98 Å². The van der Waals surface area contributed by atoms with E-state index in [4.69, 9.17) is 0 Å². The molecule has 0 spiro atoms. The SMILES string of the molecule is CN(C)c1ccc(C=CC=c2sc3[nH+]c4ccccc4n3c2=O)cc1. The molecule has 0 amide bonds. The van der Waals surface area contributed by atoms with Crippen molar-refractivity contribution in [2.24, 2.45) is 0 Å². The molecule has 0 aliphatic carbocycles. The maximum Gasteiger partial charge on any atom is 0.357 e. The number of aromatic amines is 1. The molecular weight excluding hydrogens is 330 g/mol. The largest absolute Gasteiger partial charge is 0.378 e. The van der Waals surface area contributed by atoms with Crippen LogP contribution >= 0.6 is 11.3 Å². The van der Waals surface area contributed by atoms with E-state index in [0.717, 1.165) is 26.1 Å². The summed E-state index contributed by atoms with van der Waals surface area (Å²) >= 11 is 1.47. The first kappa shape index (κ1) is 15.6. The molecule has 0 aliphatic rings. The van der Waals surface area contributed by atoms with Crippen LogP contribution in [0.15, 0.2) is 59.4 Å². The van der Waals surface area contributed by atoms with E-state index in [1.165, 1.54) is 17.0 Å². The summed E-state index contributed by atoms with van der Waals surface area (Å²) in [6.07, 6.45) is 5.82. The molecule has 0 radical (unpaired) electrons. The third-order valence-corrected chi connectivity index (χ3v) is 5.16. The lowest BCUT2D eigenvalue weighted by Crippen LogP contribution is -2.22. The number of nitrogens with one attached hydrogen (secondary N) is 1. The Morgan fingerprint density at radius 3 is 2.60 bits per heavy atom. The number of para-hydroxylation sites is 2. The Kier molecular flexibility index (Phi) is 3.86. The van der Waals surface area contributed by atoms with Gasteiger partial charge in [-0.25, -0.2) is 9.78 Å². The molecule has 0 unspecified atom stereocenters. The average molecular weight is 348 g/mol. The van der Waals surface area contributed by atoms with Crippen molar-refractivity contribution in [1.29, 1.82) is 0 Å². The van der Waals surface area contributed by atoms with Crippen LogP contribution in [0.2, 0.25) is 0 Å². The van der Waals surface area contributed by atoms with Crippen molar-refractivity contribution in [3.05, 3.63) is 75.1 Å². The lowest BCUT2D eigenvalue weighted by atomic mass is 10.2. The number of hydrogen-bond acceptors (Lipinski definition) is 3. The van der Waals surface area contributed by atoms with Gasteiger partial charge in [0.25, 0.3) is 0 Å². The van der Waals surface area contributed by atoms with Gasteiger partial charge in [0.1, 0.15) is 4.53 Å². The molecule has 0 atom stereocenters. The number of fused-ring (bicyclic) bond motifs is 3. The monoisotopic (exact) mass is 348 g/mol. The molecule has 0 aliphatic heterocycles. The number of thiazole rings is 1. The van der Waals surface area contributed by atoms with Gasteiger partial charge < -0.3 is 4.90 Å². The fourth-order valence-electron chi connectivity index (χ4n) is 2.82. The molecule has 0 bridgehead atoms. The van der Waals surface area contributed by atoms with Crippen LogP contribution < -0.4 is 20.0 Å². The predicted octanol–water partition coefficient (Wildman–Crippen LogP) is 2.61. The first-order chi connectivity index (χ1) is 12.1. The standard InChI is InChI=1S/C20H17N3OS/c1-22(2)15-12-10-14(11-13-15)6-5-9-18-19(24)23-17-8-4-3-7-16(17)21-20(23)25-18/h3-13H,1-2H3/p+1. The molecule has 2 heterocycles. The molecule has 124 valence electrons. The minimum atomic E-state index is 0.0186. The molecule has 1 N–H and O–H groups in total. The van der Waals surface area contributed by atoms with Crippen LogP contribution in [0, 0.1) is 0 Å². The number of hydrogen-bond donors (Lipinski definition) is 0. The van der Waals surface area contributed by atoms with Crippen molar-refractivity contribution in [1.82, 2.24) is 4.40 Å². The molecule has 4 aromatic rings. The Bertz CT molecular complexity index is 1180. The van der Waals surface area contributed by atoms with E-state index in [-0.39, 0.29) is 5.56 Å². The number of rotatable bonds is 3. The number of aromatic nitrogens is 2. The quantitative estimate of drug-likeness (QED) is 0.571. The second-order valence-electron chi connectivity index (χ2n) is 6.07. The van der Waals surface area contributed by atoms with E-state index in [9.17, 15) is 4.79 Å². The zero-order valence-electron chi connectivity index (χ0n) is 14.1. The fraction of sp³-hybridized carbons (Fsp3) is 0.100. The van der Waals surface area contributed by atoms with Gasteiger partial charge >= 0.3 is 10.5 Å². The van der Waals surface area contributed by atoms with Crippen molar-refractivity contribution in [3.8, 4) is 0 Å². The van der Waals surface area contributed by atoms with Gasteiger partial charge in [-0.2, -0.15) is 0 Å². The van der Waals surface area contributed by atoms with Gasteiger partial charge in [0.2, 0.25) is 0 Å². The third-order valence-electron chi connectivity index (χ3n) is 4.16. The number of benzene rings is 2. The first-order valence-electron chi connectivity index (χ1n) is 8.04. The Hall–Kier alpha value is -2.92. The highest BCUT2D eigenvalue weighted by atomic mass is 32.1. The Morgan fingerprint density at radius 2 is 1.84 bits per heavy atom. The van der Waals surface area contributed by atoms with Gasteiger partial charge in [0, 0.05) is 19.8 Å². The number of nitrogens with zero attached hydrogens (tertiary/aromatic N) is 2. The van der Waals surface area contributed by atoms with Gasteiger partial charge in [-0.15, -0.1) is 4.40 Å². The lowest BCUT2D eigenvalue weighted by molar-refractivity contribution is -0.308. The van der Waals surface area contributed by atoms with Gasteiger partial charge in [-0.1, -0.05) is 36.4 Å². The Labute approximate surface area is 149 Å². The summed E-state index contributed by atoms with van der Waals surface area (Å²) in [5, 5.41) is 0. The van der Waals surface area contributed by atoms with Crippen LogP contribution in [0.1, 0.15) is 5.56 Å². The summed E-state index contributed by atoms with van der Waals surface area (Å²) in [4.78, 5) is 18.9. The highest BCUT2D eigenvalue weighted by Crippen LogP contribution is 2.13. The summed E-state index contributed by atoms with van der Waals surface area (Å²) < 4.78 is 2.46. The molecule has 0 fully saturated rings. The van der Waals surface area contributed by atoms with Crippen LogP contribution in [0.4, 0.5) is 5.69 Å². The predicted molar refractivity (Wildman–Crippen MR) is 105 cm³/mol. The summed E-state index contributed by atoms with van der Waals surface area (Å²) in [5.41, 5.74) is 4.19. The zero-order chi connectivity index (χ0) is 17.4. The fourth-order valence-corrected chi connectivity index (χ4v) is 3.79. The summed E-state index contributed by atoms with van der Waals surface area (Å²) in [6, 6.07) is 16.1. The topological polar surface area (TPSA) is 38.9 Å². The van der Waals surface area contributed by atoms with E-state index in [1.54, 1.807) is 4.40 Å². The van der Waals surface area contributed by atoms with Gasteiger partial charge in [-0.05, 0) is 47.2 Å². The molecule has 5 heteroatoms. The minimum Gasteiger partial charge on any atom is -0.378 e. The Morgan fingerprint density at radius 1 is 1.08 bits per heavy atom. The normalized spacial score (nSPS) is 12.6. The van der Waals surface area contributed by atoms with E-state index >= 15 is 0 Å². The van der Waals surface area contributed by atoms with E-state index < -0.39 is 0 Å². The molecular formula is C20H18N3OS+. The van der Waals surface area contributed by atoms with Crippen LogP contribution in [0.25, 0.3) is 28.1 Å². The molecule has 2 aromatic carbocycles. The third kappa shape index (κ3) is 2.83. The summed E-state index contributed by atoms with van der Waals surface area (Å²) in [6.45, 7) is 0. The molecule has 0 saturated heterocycles. The van der Waals surface area contributed by atoms with Crippen LogP contribution in [-0.4, -0.2) is 18.5 Å². The van der Waals surface area contributed by atoms with Crippen molar-refractivity contribution in [3.63, 3.8) is 0 Å². The van der Waals surface area contributed by atoms with E-state index in [2.05, 4.69) is 34.1 Å². The van der Waals surface area contributed by atoms with Gasteiger partial charge in [0.15, 0.2) is 11.0 Å². The van der Waals surface area contributed by atoms with Crippen LogP contribution in [0.5, 0.6) is 0 Å². The number of anilines is 1. The maximum atomic E-state index is 12.6. The van der Waals surface area contributed by atoms with Gasteiger partial charge in [0.05, 0.1) is 0 Å². The van der Waals surface area contributed by atoms with E-state index in [0.29, 0.717) is 0 Å². The number of allylic oxidation sites excluding steroid dienone is 1. The van der Waals surface area contributed by atoms with Crippen molar-refractivity contribution in [2.45, 2.75) is 0 Å². The molecule has 0 saturated carbocycles. The van der Waals surface area contributed by atoms with Crippen LogP contribution in [-0.2, 0) is 0 Å². The molecule has 4 nitrogen and oxygen atoms in total. The summed E-state index contributed by atoms with van der Waals surface area (Å²) in [5.74, 6) is 0. The average Bonchev–Trinajstić information content (AvgIpc) is 3.12. The number of imidazole rings is 1. The second-order valence-corrected chi connectivity index (χ2v) is 7.10. The highest BCUT2D eigenvalue weighted by molar-refractivity contribution is 7.14. The van der Waals surface area contributed by atoms with Crippen molar-refractivity contribution >= 4 is 45.2 Å². The second kappa shape index (κ2) is 6.18. The first-order valence-corrected chi connectivity index (χ1v) is 8.86. The lowest BCUT2D eigenvalue weighted by Gasteiger charge is -2.11. The highest BCUT2D eigenvalue weighted by Gasteiger charge is 2.17. The van der Waals surface area contributed by atoms with Crippen LogP contribution in [0.3, 0.4) is 0 Å². The van der Waals surface area contributed by atoms with Crippen molar-refractivity contribution in [2.75, 3.05) is 19.0 Å². The minimum absolute atomic E-state index is 0.0186. The number of H-pyrrole nitrogens is 1. The smallest absolute Gasteiger partial charge is 0.357 e. The zero-order valence-corrected chi connectivity index (χ0v) is 14.9. The molecule has 4 rings (SSSR count). The van der Waals surface area contributed by atoms with E-state index in [1.807, 2.05) is 56.6 Å². The van der Waals surface area contributed by atoms with Gasteiger partial charge in [-0.3, -0.25) is 0 Å². The molecule has 2 aromatic heterocycles. The molecule has 25 heavy (non-hydrogen) atoms. The maximum absolute atomic E-state index is 12.6. The summed E-state index contributed by atoms with van der Waals surface area (Å²) in [7, 11) is 4.04. The Balaban J connectivity index is 1.69.